The molecule has 0 saturated carbocycles. The van der Waals surface area contributed by atoms with Crippen LogP contribution in [0.15, 0.2) is 18.2 Å². The minimum absolute atomic E-state index is 0.0213. The molecule has 0 aliphatic rings. The lowest BCUT2D eigenvalue weighted by Gasteiger charge is -2.13. The van der Waals surface area contributed by atoms with Crippen molar-refractivity contribution in [3.8, 4) is 12.3 Å². The fourth-order valence-corrected chi connectivity index (χ4v) is 2.08. The molecule has 0 N–H and O–H groups in total. The monoisotopic (exact) mass is 278 g/mol. The summed E-state index contributed by atoms with van der Waals surface area (Å²) in [7, 11) is 0. The van der Waals surface area contributed by atoms with Crippen molar-refractivity contribution >= 4 is 10.8 Å². The summed E-state index contributed by atoms with van der Waals surface area (Å²) in [4.78, 5) is 0. The molecule has 20 heavy (non-hydrogen) atoms. The first-order valence-electron chi connectivity index (χ1n) is 6.54. The number of benzene rings is 2. The molecule has 2 aromatic carbocycles. The van der Waals surface area contributed by atoms with E-state index in [0.717, 1.165) is 0 Å². The quantitative estimate of drug-likeness (QED) is 0.484. The first-order chi connectivity index (χ1) is 9.49. The van der Waals surface area contributed by atoms with Crippen molar-refractivity contribution in [1.29, 1.82) is 0 Å². The van der Waals surface area contributed by atoms with E-state index in [0.29, 0.717) is 5.56 Å². The van der Waals surface area contributed by atoms with E-state index in [1.807, 2.05) is 27.7 Å². The third-order valence-electron chi connectivity index (χ3n) is 2.95. The lowest BCUT2D eigenvalue weighted by Crippen LogP contribution is -2.01. The van der Waals surface area contributed by atoms with Gasteiger partial charge in [-0.15, -0.1) is 6.42 Å². The summed E-state index contributed by atoms with van der Waals surface area (Å²) in [6, 6.07) is 4.75. The zero-order valence-electron chi connectivity index (χ0n) is 12.0. The van der Waals surface area contributed by atoms with Crippen LogP contribution in [0.4, 0.5) is 13.2 Å². The van der Waals surface area contributed by atoms with Gasteiger partial charge in [0.05, 0.1) is 5.56 Å². The third kappa shape index (κ3) is 2.51. The van der Waals surface area contributed by atoms with Crippen LogP contribution in [0.25, 0.3) is 10.8 Å². The first kappa shape index (κ1) is 16.1. The van der Waals surface area contributed by atoms with Crippen molar-refractivity contribution in [1.82, 2.24) is 0 Å². The predicted molar refractivity (Wildman–Crippen MR) is 77.2 cm³/mol. The molecule has 0 nitrogen and oxygen atoms in total. The second-order valence-corrected chi connectivity index (χ2v) is 4.39. The number of halogens is 3. The fourth-order valence-electron chi connectivity index (χ4n) is 2.08. The Morgan fingerprint density at radius 3 is 2.10 bits per heavy atom. The predicted octanol–water partition coefficient (Wildman–Crippen LogP) is 5.39. The van der Waals surface area contributed by atoms with E-state index in [1.54, 1.807) is 12.1 Å². The van der Waals surface area contributed by atoms with E-state index < -0.39 is 17.5 Å². The van der Waals surface area contributed by atoms with Gasteiger partial charge < -0.3 is 0 Å². The number of fused-ring (bicyclic) bond motifs is 1. The summed E-state index contributed by atoms with van der Waals surface area (Å²) in [6.07, 6.45) is 5.23. The van der Waals surface area contributed by atoms with Gasteiger partial charge in [0.1, 0.15) is 0 Å². The van der Waals surface area contributed by atoms with E-state index in [4.69, 9.17) is 6.42 Å². The third-order valence-corrected chi connectivity index (χ3v) is 2.95. The Balaban J connectivity index is 0.000000956. The van der Waals surface area contributed by atoms with Gasteiger partial charge in [0, 0.05) is 10.8 Å². The molecule has 0 spiro atoms. The first-order valence-corrected chi connectivity index (χ1v) is 6.54. The Morgan fingerprint density at radius 2 is 1.60 bits per heavy atom. The molecular weight excluding hydrogens is 261 g/mol. The van der Waals surface area contributed by atoms with E-state index in [1.165, 1.54) is 6.07 Å². The van der Waals surface area contributed by atoms with Gasteiger partial charge in [-0.1, -0.05) is 51.8 Å². The van der Waals surface area contributed by atoms with Crippen LogP contribution < -0.4 is 0 Å². The molecule has 0 aliphatic carbocycles. The van der Waals surface area contributed by atoms with Gasteiger partial charge in [-0.3, -0.25) is 0 Å². The standard InChI is InChI=1S/C15H11F3.C2H6/c1-4-9-12-10(8(2)3)6-5-7-11(12)14(17)15(18)13(9)16;1-2/h1,5-8H,2-3H3;1-2H3. The maximum absolute atomic E-state index is 13.7. The molecule has 2 rings (SSSR count). The van der Waals surface area contributed by atoms with Gasteiger partial charge in [-0.05, 0) is 11.5 Å². The highest BCUT2D eigenvalue weighted by molar-refractivity contribution is 5.92. The molecule has 0 aromatic heterocycles. The Kier molecular flexibility index (Phi) is 5.21. The van der Waals surface area contributed by atoms with Crippen LogP contribution in [0.1, 0.15) is 44.7 Å². The molecule has 0 radical (unpaired) electrons. The summed E-state index contributed by atoms with van der Waals surface area (Å²) < 4.78 is 40.8. The highest BCUT2D eigenvalue weighted by atomic mass is 19.2. The molecule has 0 aliphatic heterocycles. The van der Waals surface area contributed by atoms with Crippen molar-refractivity contribution in [2.45, 2.75) is 33.6 Å². The zero-order valence-corrected chi connectivity index (χ0v) is 12.0. The lowest BCUT2D eigenvalue weighted by molar-refractivity contribution is 0.452. The maximum atomic E-state index is 13.7. The minimum atomic E-state index is -1.52. The molecule has 0 heterocycles. The Bertz CT molecular complexity index is 664. The van der Waals surface area contributed by atoms with E-state index in [9.17, 15) is 13.2 Å². The second-order valence-electron chi connectivity index (χ2n) is 4.39. The SMILES string of the molecule is C#Cc1c(F)c(F)c(F)c2cccc(C(C)C)c12.CC. The van der Waals surface area contributed by atoms with Crippen LogP contribution in [-0.2, 0) is 0 Å². The van der Waals surface area contributed by atoms with Gasteiger partial charge in [-0.2, -0.15) is 0 Å². The molecule has 0 atom stereocenters. The molecule has 0 unspecified atom stereocenters. The molecule has 3 heteroatoms. The number of hydrogen-bond donors (Lipinski definition) is 0. The normalized spacial score (nSPS) is 10.2. The average Bonchev–Trinajstić information content (AvgIpc) is 2.47. The van der Waals surface area contributed by atoms with Crippen LogP contribution >= 0.6 is 0 Å². The fraction of sp³-hybridized carbons (Fsp3) is 0.294. The summed E-state index contributed by atoms with van der Waals surface area (Å²) in [5.74, 6) is -1.85. The summed E-state index contributed by atoms with van der Waals surface area (Å²) >= 11 is 0. The van der Waals surface area contributed by atoms with Crippen molar-refractivity contribution in [2.75, 3.05) is 0 Å². The molecule has 0 bridgehead atoms. The molecular formula is C17H17F3. The summed E-state index contributed by atoms with van der Waals surface area (Å²) in [5, 5.41) is 0.305. The van der Waals surface area contributed by atoms with Crippen molar-refractivity contribution < 1.29 is 13.2 Å². The topological polar surface area (TPSA) is 0 Å². The number of terminal acetylenes is 1. The van der Waals surface area contributed by atoms with Gasteiger partial charge in [-0.25, -0.2) is 13.2 Å². The number of rotatable bonds is 1. The van der Waals surface area contributed by atoms with Crippen LogP contribution in [0, 0.1) is 29.8 Å². The molecule has 0 saturated heterocycles. The highest BCUT2D eigenvalue weighted by Crippen LogP contribution is 2.33. The zero-order chi connectivity index (χ0) is 15.4. The van der Waals surface area contributed by atoms with Crippen LogP contribution in [-0.4, -0.2) is 0 Å². The molecule has 0 fully saturated rings. The van der Waals surface area contributed by atoms with Crippen LogP contribution in [0.5, 0.6) is 0 Å². The molecule has 2 aromatic rings. The number of hydrogen-bond acceptors (Lipinski definition) is 0. The van der Waals surface area contributed by atoms with Gasteiger partial charge in [0.15, 0.2) is 17.5 Å². The minimum Gasteiger partial charge on any atom is -0.203 e. The van der Waals surface area contributed by atoms with Gasteiger partial charge in [0.25, 0.3) is 0 Å². The van der Waals surface area contributed by atoms with E-state index >= 15 is 0 Å². The summed E-state index contributed by atoms with van der Waals surface area (Å²) in [6.45, 7) is 7.77. The van der Waals surface area contributed by atoms with Gasteiger partial charge >= 0.3 is 0 Å². The Labute approximate surface area is 117 Å². The Morgan fingerprint density at radius 1 is 1.00 bits per heavy atom. The van der Waals surface area contributed by atoms with Gasteiger partial charge in [0.2, 0.25) is 0 Å². The summed E-state index contributed by atoms with van der Waals surface area (Å²) in [5.41, 5.74) is 0.492. The van der Waals surface area contributed by atoms with Crippen molar-refractivity contribution in [3.05, 3.63) is 46.8 Å². The van der Waals surface area contributed by atoms with Crippen molar-refractivity contribution in [2.24, 2.45) is 0 Å². The maximum Gasteiger partial charge on any atom is 0.196 e. The van der Waals surface area contributed by atoms with E-state index in [2.05, 4.69) is 5.92 Å². The van der Waals surface area contributed by atoms with Crippen LogP contribution in [0.2, 0.25) is 0 Å². The van der Waals surface area contributed by atoms with Crippen LogP contribution in [0.3, 0.4) is 0 Å². The second kappa shape index (κ2) is 6.47. The van der Waals surface area contributed by atoms with E-state index in [-0.39, 0.29) is 22.3 Å². The molecule has 0 amide bonds. The average molecular weight is 278 g/mol. The Hall–Kier alpha value is -1.95. The largest absolute Gasteiger partial charge is 0.203 e. The highest BCUT2D eigenvalue weighted by Gasteiger charge is 2.21. The smallest absolute Gasteiger partial charge is 0.196 e. The lowest BCUT2D eigenvalue weighted by atomic mass is 9.92. The molecule has 106 valence electrons. The van der Waals surface area contributed by atoms with Crippen molar-refractivity contribution in [3.63, 3.8) is 0 Å².